The van der Waals surface area contributed by atoms with Crippen LogP contribution in [0.2, 0.25) is 0 Å². The first-order valence-electron chi connectivity index (χ1n) is 14.3. The van der Waals surface area contributed by atoms with Gasteiger partial charge >= 0.3 is 0 Å². The van der Waals surface area contributed by atoms with E-state index in [0.717, 1.165) is 17.1 Å². The van der Waals surface area contributed by atoms with Crippen molar-refractivity contribution in [3.8, 4) is 22.3 Å². The predicted octanol–water partition coefficient (Wildman–Crippen LogP) is 12.0. The Morgan fingerprint density at radius 3 is 1.88 bits per heavy atom. The predicted molar refractivity (Wildman–Crippen MR) is 182 cm³/mol. The van der Waals surface area contributed by atoms with Crippen molar-refractivity contribution >= 4 is 59.3 Å². The summed E-state index contributed by atoms with van der Waals surface area (Å²) in [4.78, 5) is 2.40. The van der Waals surface area contributed by atoms with Gasteiger partial charge in [-0.3, -0.25) is 0 Å². The summed E-state index contributed by atoms with van der Waals surface area (Å²) in [5.74, 6) is 0. The average molecular weight is 554 g/mol. The van der Waals surface area contributed by atoms with Crippen molar-refractivity contribution in [3.05, 3.63) is 164 Å². The van der Waals surface area contributed by atoms with Crippen LogP contribution in [0.1, 0.15) is 0 Å². The Morgan fingerprint density at radius 2 is 1.10 bits per heavy atom. The highest BCUT2D eigenvalue weighted by atomic mass is 32.1. The number of anilines is 3. The molecule has 0 radical (unpaired) electrons. The van der Waals surface area contributed by atoms with Gasteiger partial charge in [0.25, 0.3) is 0 Å². The zero-order chi connectivity index (χ0) is 27.9. The molecular formula is C40H27NS. The summed E-state index contributed by atoms with van der Waals surface area (Å²) in [6.45, 7) is 0. The molecule has 0 unspecified atom stereocenters. The van der Waals surface area contributed by atoms with E-state index in [9.17, 15) is 0 Å². The molecule has 8 aromatic rings. The van der Waals surface area contributed by atoms with Crippen LogP contribution in [0.5, 0.6) is 0 Å². The lowest BCUT2D eigenvalue weighted by molar-refractivity contribution is 1.29. The van der Waals surface area contributed by atoms with Crippen LogP contribution in [-0.4, -0.2) is 0 Å². The molecule has 8 rings (SSSR count). The van der Waals surface area contributed by atoms with Gasteiger partial charge in [-0.15, -0.1) is 11.3 Å². The Balaban J connectivity index is 1.36. The number of nitrogens with zero attached hydrogens (tertiary/aromatic N) is 1. The quantitative estimate of drug-likeness (QED) is 0.205. The fraction of sp³-hybridized carbons (Fsp3) is 0. The van der Waals surface area contributed by atoms with Crippen LogP contribution in [0, 0.1) is 0 Å². The summed E-state index contributed by atoms with van der Waals surface area (Å²) in [5, 5.41) is 5.22. The highest BCUT2D eigenvalue weighted by Gasteiger charge is 2.19. The monoisotopic (exact) mass is 553 g/mol. The molecule has 0 atom stereocenters. The van der Waals surface area contributed by atoms with Crippen molar-refractivity contribution in [2.75, 3.05) is 4.90 Å². The summed E-state index contributed by atoms with van der Waals surface area (Å²) < 4.78 is 2.67. The van der Waals surface area contributed by atoms with Crippen molar-refractivity contribution in [1.82, 2.24) is 0 Å². The molecule has 0 bridgehead atoms. The standard InChI is InChI=1S/C40H27NS/c1-4-12-28(13-5-1)30-20-24-37(36(27-30)29-14-6-2-7-15-29)41(32-16-8-3-9-17-32)33-22-23-34-31(26-33)21-25-39-40(34)35-18-10-11-19-38(35)42-39/h1-27H. The van der Waals surface area contributed by atoms with Gasteiger partial charge < -0.3 is 4.90 Å². The molecule has 1 heterocycles. The minimum Gasteiger partial charge on any atom is -0.310 e. The van der Waals surface area contributed by atoms with Gasteiger partial charge in [0.15, 0.2) is 0 Å². The molecule has 0 saturated heterocycles. The van der Waals surface area contributed by atoms with E-state index in [1.807, 2.05) is 11.3 Å². The molecule has 0 amide bonds. The number of hydrogen-bond acceptors (Lipinski definition) is 2. The lowest BCUT2D eigenvalue weighted by atomic mass is 9.96. The van der Waals surface area contributed by atoms with E-state index in [4.69, 9.17) is 0 Å². The van der Waals surface area contributed by atoms with Gasteiger partial charge in [-0.05, 0) is 76.0 Å². The van der Waals surface area contributed by atoms with Gasteiger partial charge in [-0.1, -0.05) is 115 Å². The van der Waals surface area contributed by atoms with Crippen LogP contribution in [0.15, 0.2) is 164 Å². The lowest BCUT2D eigenvalue weighted by Gasteiger charge is -2.28. The third-order valence-corrected chi connectivity index (χ3v) is 9.18. The highest BCUT2D eigenvalue weighted by molar-refractivity contribution is 7.26. The number of para-hydroxylation sites is 1. The van der Waals surface area contributed by atoms with Crippen molar-refractivity contribution in [2.24, 2.45) is 0 Å². The largest absolute Gasteiger partial charge is 0.310 e. The second-order valence-corrected chi connectivity index (χ2v) is 11.7. The second-order valence-electron chi connectivity index (χ2n) is 10.6. The smallest absolute Gasteiger partial charge is 0.0540 e. The van der Waals surface area contributed by atoms with Gasteiger partial charge in [-0.2, -0.15) is 0 Å². The van der Waals surface area contributed by atoms with Crippen LogP contribution in [0.25, 0.3) is 53.2 Å². The SMILES string of the molecule is c1ccc(-c2ccc(N(c3ccccc3)c3ccc4c(ccc5sc6ccccc6c54)c3)c(-c3ccccc3)c2)cc1. The number of hydrogen-bond donors (Lipinski definition) is 0. The topological polar surface area (TPSA) is 3.24 Å². The lowest BCUT2D eigenvalue weighted by Crippen LogP contribution is -2.11. The van der Waals surface area contributed by atoms with E-state index < -0.39 is 0 Å². The van der Waals surface area contributed by atoms with Crippen molar-refractivity contribution in [3.63, 3.8) is 0 Å². The minimum atomic E-state index is 1.13. The Bertz CT molecular complexity index is 2180. The minimum absolute atomic E-state index is 1.13. The fourth-order valence-corrected chi connectivity index (χ4v) is 7.20. The van der Waals surface area contributed by atoms with Crippen LogP contribution < -0.4 is 4.90 Å². The molecule has 198 valence electrons. The third-order valence-electron chi connectivity index (χ3n) is 8.04. The molecule has 2 heteroatoms. The number of fused-ring (bicyclic) bond motifs is 5. The highest BCUT2D eigenvalue weighted by Crippen LogP contribution is 2.44. The molecule has 7 aromatic carbocycles. The van der Waals surface area contributed by atoms with E-state index >= 15 is 0 Å². The molecule has 0 aliphatic heterocycles. The van der Waals surface area contributed by atoms with E-state index in [2.05, 4.69) is 169 Å². The normalized spacial score (nSPS) is 11.3. The summed E-state index contributed by atoms with van der Waals surface area (Å²) in [6.07, 6.45) is 0. The first kappa shape index (κ1) is 24.6. The molecule has 0 saturated carbocycles. The van der Waals surface area contributed by atoms with Crippen molar-refractivity contribution in [1.29, 1.82) is 0 Å². The zero-order valence-electron chi connectivity index (χ0n) is 22.9. The molecule has 0 aliphatic rings. The van der Waals surface area contributed by atoms with Crippen molar-refractivity contribution in [2.45, 2.75) is 0 Å². The Hall–Kier alpha value is -5.18. The third kappa shape index (κ3) is 4.25. The Labute approximate surface area is 249 Å². The maximum Gasteiger partial charge on any atom is 0.0540 e. The second kappa shape index (κ2) is 10.3. The number of rotatable bonds is 5. The summed E-state index contributed by atoms with van der Waals surface area (Å²) in [5.41, 5.74) is 8.22. The molecular weight excluding hydrogens is 527 g/mol. The maximum absolute atomic E-state index is 2.40. The fourth-order valence-electron chi connectivity index (χ4n) is 6.07. The van der Waals surface area contributed by atoms with Crippen molar-refractivity contribution < 1.29 is 0 Å². The van der Waals surface area contributed by atoms with Gasteiger partial charge in [-0.25, -0.2) is 0 Å². The molecule has 0 spiro atoms. The van der Waals surface area contributed by atoms with Gasteiger partial charge in [0, 0.05) is 37.1 Å². The van der Waals surface area contributed by atoms with Gasteiger partial charge in [0.05, 0.1) is 5.69 Å². The van der Waals surface area contributed by atoms with E-state index in [1.54, 1.807) is 0 Å². The van der Waals surface area contributed by atoms with Crippen LogP contribution in [0.3, 0.4) is 0 Å². The van der Waals surface area contributed by atoms with E-state index in [-0.39, 0.29) is 0 Å². The summed E-state index contributed by atoms with van der Waals surface area (Å²) in [7, 11) is 0. The maximum atomic E-state index is 2.40. The van der Waals surface area contributed by atoms with Crippen LogP contribution >= 0.6 is 11.3 Å². The first-order chi connectivity index (χ1) is 20.8. The van der Waals surface area contributed by atoms with Crippen LogP contribution in [0.4, 0.5) is 17.1 Å². The van der Waals surface area contributed by atoms with E-state index in [0.29, 0.717) is 0 Å². The Morgan fingerprint density at radius 1 is 0.405 bits per heavy atom. The van der Waals surface area contributed by atoms with Gasteiger partial charge in [0.1, 0.15) is 0 Å². The molecule has 1 nitrogen and oxygen atoms in total. The van der Waals surface area contributed by atoms with Crippen LogP contribution in [-0.2, 0) is 0 Å². The Kier molecular flexibility index (Phi) is 6.05. The molecule has 42 heavy (non-hydrogen) atoms. The number of benzene rings is 7. The number of thiophene rings is 1. The molecule has 1 aromatic heterocycles. The summed E-state index contributed by atoms with van der Waals surface area (Å²) >= 11 is 1.87. The molecule has 0 aliphatic carbocycles. The first-order valence-corrected chi connectivity index (χ1v) is 15.1. The summed E-state index contributed by atoms with van der Waals surface area (Å²) in [6, 6.07) is 59.1. The molecule has 0 N–H and O–H groups in total. The van der Waals surface area contributed by atoms with E-state index in [1.165, 1.54) is 53.2 Å². The average Bonchev–Trinajstić information content (AvgIpc) is 3.45. The zero-order valence-corrected chi connectivity index (χ0v) is 23.8. The molecule has 0 fully saturated rings. The van der Waals surface area contributed by atoms with Gasteiger partial charge in [0.2, 0.25) is 0 Å².